The van der Waals surface area contributed by atoms with Gasteiger partial charge in [0.25, 0.3) is 5.56 Å². The zero-order valence-corrected chi connectivity index (χ0v) is 15.5. The minimum absolute atomic E-state index is 0.0974. The maximum atomic E-state index is 13.2. The second-order valence-corrected chi connectivity index (χ2v) is 6.60. The van der Waals surface area contributed by atoms with Crippen molar-refractivity contribution in [3.63, 3.8) is 0 Å². The Bertz CT molecular complexity index is 1080. The normalized spacial score (nSPS) is 10.7. The van der Waals surface area contributed by atoms with Gasteiger partial charge >= 0.3 is 0 Å². The summed E-state index contributed by atoms with van der Waals surface area (Å²) in [5, 5.41) is 6.76. The van der Waals surface area contributed by atoms with E-state index in [2.05, 4.69) is 10.4 Å². The number of rotatable bonds is 4. The molecule has 3 aromatic rings. The number of nitrogens with one attached hydrogen (secondary N) is 1. The van der Waals surface area contributed by atoms with Gasteiger partial charge in [0.15, 0.2) is 0 Å². The molecule has 0 fully saturated rings. The van der Waals surface area contributed by atoms with Crippen molar-refractivity contribution in [3.8, 4) is 11.3 Å². The molecular weight excluding hydrogens is 369 g/mol. The van der Waals surface area contributed by atoms with Gasteiger partial charge in [-0.3, -0.25) is 9.59 Å². The molecule has 1 aromatic heterocycles. The van der Waals surface area contributed by atoms with E-state index in [0.717, 1.165) is 27.4 Å². The molecule has 0 unspecified atom stereocenters. The Morgan fingerprint density at radius 3 is 2.59 bits per heavy atom. The number of carbonyl (C=O) groups excluding carboxylic acids is 1. The highest BCUT2D eigenvalue weighted by Gasteiger charge is 2.10. The van der Waals surface area contributed by atoms with Gasteiger partial charge in [0, 0.05) is 17.3 Å². The first-order valence-corrected chi connectivity index (χ1v) is 8.62. The van der Waals surface area contributed by atoms with E-state index in [4.69, 9.17) is 11.6 Å². The summed E-state index contributed by atoms with van der Waals surface area (Å²) in [5.41, 5.74) is 3.66. The summed E-state index contributed by atoms with van der Waals surface area (Å²) in [5.74, 6) is -1.04. The number of carbonyl (C=O) groups is 1. The third-order valence-electron chi connectivity index (χ3n) is 4.17. The number of hydrogen-bond acceptors (Lipinski definition) is 3. The zero-order valence-electron chi connectivity index (χ0n) is 14.8. The van der Waals surface area contributed by atoms with Crippen molar-refractivity contribution < 1.29 is 9.18 Å². The highest BCUT2D eigenvalue weighted by molar-refractivity contribution is 6.31. The topological polar surface area (TPSA) is 64.0 Å². The van der Waals surface area contributed by atoms with E-state index in [9.17, 15) is 14.0 Å². The lowest BCUT2D eigenvalue weighted by Gasteiger charge is -2.09. The molecular formula is C20H17ClFN3O2. The molecule has 0 radical (unpaired) electrons. The van der Waals surface area contributed by atoms with Crippen molar-refractivity contribution in [2.45, 2.75) is 20.4 Å². The summed E-state index contributed by atoms with van der Waals surface area (Å²) in [7, 11) is 0. The Labute approximate surface area is 160 Å². The second-order valence-electron chi connectivity index (χ2n) is 6.19. The van der Waals surface area contributed by atoms with Crippen molar-refractivity contribution in [3.05, 3.63) is 80.9 Å². The predicted octanol–water partition coefficient (Wildman–Crippen LogP) is 3.96. The molecule has 0 aliphatic rings. The number of halogens is 2. The van der Waals surface area contributed by atoms with E-state index < -0.39 is 17.3 Å². The van der Waals surface area contributed by atoms with Gasteiger partial charge in [-0.15, -0.1) is 0 Å². The van der Waals surface area contributed by atoms with Crippen LogP contribution in [0.2, 0.25) is 5.02 Å². The molecule has 1 heterocycles. The smallest absolute Gasteiger partial charge is 0.267 e. The van der Waals surface area contributed by atoms with E-state index in [1.807, 2.05) is 32.0 Å². The maximum absolute atomic E-state index is 13.2. The molecule has 3 rings (SSSR count). The summed E-state index contributed by atoms with van der Waals surface area (Å²) in [4.78, 5) is 24.3. The minimum atomic E-state index is -0.575. The summed E-state index contributed by atoms with van der Waals surface area (Å²) in [6.45, 7) is 3.74. The molecule has 0 bridgehead atoms. The quantitative estimate of drug-likeness (QED) is 0.739. The molecule has 0 saturated carbocycles. The first-order chi connectivity index (χ1) is 12.8. The van der Waals surface area contributed by atoms with Crippen LogP contribution in [0.25, 0.3) is 11.3 Å². The van der Waals surface area contributed by atoms with Crippen molar-refractivity contribution in [1.82, 2.24) is 9.78 Å². The van der Waals surface area contributed by atoms with Crippen molar-refractivity contribution in [2.75, 3.05) is 5.32 Å². The first kappa shape index (κ1) is 18.8. The number of nitrogens with zero attached hydrogens (tertiary/aromatic N) is 2. The summed E-state index contributed by atoms with van der Waals surface area (Å²) in [6, 6.07) is 12.7. The van der Waals surface area contributed by atoms with E-state index in [1.165, 1.54) is 18.2 Å². The number of anilines is 1. The van der Waals surface area contributed by atoms with Gasteiger partial charge in [-0.1, -0.05) is 23.7 Å². The zero-order chi connectivity index (χ0) is 19.6. The third-order valence-corrected chi connectivity index (χ3v) is 4.46. The average molecular weight is 386 g/mol. The van der Waals surface area contributed by atoms with Crippen LogP contribution in [0.5, 0.6) is 0 Å². The molecule has 138 valence electrons. The van der Waals surface area contributed by atoms with E-state index in [-0.39, 0.29) is 11.6 Å². The Morgan fingerprint density at radius 1 is 1.11 bits per heavy atom. The molecule has 0 saturated heterocycles. The number of aromatic nitrogens is 2. The van der Waals surface area contributed by atoms with Crippen LogP contribution in [-0.4, -0.2) is 15.7 Å². The van der Waals surface area contributed by atoms with Crippen LogP contribution in [0.3, 0.4) is 0 Å². The predicted molar refractivity (Wildman–Crippen MR) is 103 cm³/mol. The molecule has 0 aliphatic carbocycles. The standard InChI is InChI=1S/C20H17ClFN3O2/c1-12-3-4-14(9-13(12)2)18-7-8-20(27)25(24-18)11-19(26)23-15-5-6-17(22)16(21)10-15/h3-10H,11H2,1-2H3,(H,23,26). The first-order valence-electron chi connectivity index (χ1n) is 8.24. The van der Waals surface area contributed by atoms with E-state index in [0.29, 0.717) is 11.4 Å². The fourth-order valence-corrected chi connectivity index (χ4v) is 2.71. The van der Waals surface area contributed by atoms with Crippen LogP contribution in [-0.2, 0) is 11.3 Å². The number of aryl methyl sites for hydroxylation is 2. The maximum Gasteiger partial charge on any atom is 0.267 e. The lowest BCUT2D eigenvalue weighted by Crippen LogP contribution is -2.29. The molecule has 0 spiro atoms. The Kier molecular flexibility index (Phi) is 5.37. The lowest BCUT2D eigenvalue weighted by atomic mass is 10.0. The largest absolute Gasteiger partial charge is 0.324 e. The molecule has 1 amide bonds. The van der Waals surface area contributed by atoms with Crippen LogP contribution in [0.4, 0.5) is 10.1 Å². The average Bonchev–Trinajstić information content (AvgIpc) is 2.62. The fraction of sp³-hybridized carbons (Fsp3) is 0.150. The van der Waals surface area contributed by atoms with Gasteiger partial charge in [-0.25, -0.2) is 9.07 Å². The van der Waals surface area contributed by atoms with Crippen molar-refractivity contribution in [2.24, 2.45) is 0 Å². The summed E-state index contributed by atoms with van der Waals surface area (Å²) in [6.07, 6.45) is 0. The van der Waals surface area contributed by atoms with Gasteiger partial charge in [0.05, 0.1) is 10.7 Å². The van der Waals surface area contributed by atoms with Gasteiger partial charge < -0.3 is 5.32 Å². The molecule has 0 aliphatic heterocycles. The number of hydrogen-bond donors (Lipinski definition) is 1. The Hall–Kier alpha value is -2.99. The molecule has 5 nitrogen and oxygen atoms in total. The lowest BCUT2D eigenvalue weighted by molar-refractivity contribution is -0.117. The molecule has 7 heteroatoms. The minimum Gasteiger partial charge on any atom is -0.324 e. The van der Waals surface area contributed by atoms with Crippen LogP contribution in [0.1, 0.15) is 11.1 Å². The van der Waals surface area contributed by atoms with E-state index >= 15 is 0 Å². The van der Waals surface area contributed by atoms with Crippen LogP contribution in [0, 0.1) is 19.7 Å². The van der Waals surface area contributed by atoms with Crippen LogP contribution in [0.15, 0.2) is 53.3 Å². The van der Waals surface area contributed by atoms with Gasteiger partial charge in [-0.05, 0) is 55.3 Å². The highest BCUT2D eigenvalue weighted by Crippen LogP contribution is 2.20. The Morgan fingerprint density at radius 2 is 1.89 bits per heavy atom. The molecule has 0 atom stereocenters. The second kappa shape index (κ2) is 7.72. The number of benzene rings is 2. The van der Waals surface area contributed by atoms with Crippen LogP contribution < -0.4 is 10.9 Å². The fourth-order valence-electron chi connectivity index (χ4n) is 2.53. The number of amides is 1. The van der Waals surface area contributed by atoms with Gasteiger partial charge in [-0.2, -0.15) is 5.10 Å². The van der Waals surface area contributed by atoms with Gasteiger partial charge in [0.1, 0.15) is 12.4 Å². The Balaban J connectivity index is 1.81. The molecule has 1 N–H and O–H groups in total. The highest BCUT2D eigenvalue weighted by atomic mass is 35.5. The molecule has 27 heavy (non-hydrogen) atoms. The third kappa shape index (κ3) is 4.41. The summed E-state index contributed by atoms with van der Waals surface area (Å²) >= 11 is 5.70. The van der Waals surface area contributed by atoms with Crippen LogP contribution >= 0.6 is 11.6 Å². The molecule has 2 aromatic carbocycles. The van der Waals surface area contributed by atoms with Crippen molar-refractivity contribution in [1.29, 1.82) is 0 Å². The monoisotopic (exact) mass is 385 g/mol. The van der Waals surface area contributed by atoms with Crippen molar-refractivity contribution >= 4 is 23.2 Å². The summed E-state index contributed by atoms with van der Waals surface area (Å²) < 4.78 is 14.3. The van der Waals surface area contributed by atoms with E-state index in [1.54, 1.807) is 6.07 Å². The SMILES string of the molecule is Cc1ccc(-c2ccc(=O)n(CC(=O)Nc3ccc(F)c(Cl)c3)n2)cc1C. The van der Waals surface area contributed by atoms with Gasteiger partial charge in [0.2, 0.25) is 5.91 Å².